The third kappa shape index (κ3) is 3.31. The summed E-state index contributed by atoms with van der Waals surface area (Å²) in [6, 6.07) is 0. The van der Waals surface area contributed by atoms with E-state index < -0.39 is 0 Å². The SMILES string of the molecule is C1SSNSSS1. The van der Waals surface area contributed by atoms with Crippen molar-refractivity contribution >= 4 is 53.4 Å². The zero-order valence-corrected chi connectivity index (χ0v) is 7.33. The third-order valence-corrected chi connectivity index (χ3v) is 7.18. The molecule has 0 radical (unpaired) electrons. The summed E-state index contributed by atoms with van der Waals surface area (Å²) in [5.41, 5.74) is 0. The first-order valence-corrected chi connectivity index (χ1v) is 7.46. The lowest BCUT2D eigenvalue weighted by Gasteiger charge is -1.86. The second-order valence-corrected chi connectivity index (χ2v) is 7.27. The van der Waals surface area contributed by atoms with Gasteiger partial charge in [0, 0.05) is 22.0 Å². The van der Waals surface area contributed by atoms with Crippen molar-refractivity contribution in [3.8, 4) is 0 Å². The first-order chi connectivity index (χ1) is 3.50. The molecule has 0 spiro atoms. The van der Waals surface area contributed by atoms with Gasteiger partial charge < -0.3 is 0 Å². The fraction of sp³-hybridized carbons (Fsp3) is 1.00. The van der Waals surface area contributed by atoms with Crippen LogP contribution in [0, 0.1) is 0 Å². The van der Waals surface area contributed by atoms with Crippen LogP contribution in [0.15, 0.2) is 0 Å². The van der Waals surface area contributed by atoms with E-state index in [0.717, 1.165) is 0 Å². The minimum Gasteiger partial charge on any atom is -0.188 e. The summed E-state index contributed by atoms with van der Waals surface area (Å²) in [4.78, 5) is 0. The maximum Gasteiger partial charge on any atom is 0.0621 e. The monoisotopic (exact) mass is 189 g/mol. The van der Waals surface area contributed by atoms with Gasteiger partial charge in [0.2, 0.25) is 0 Å². The summed E-state index contributed by atoms with van der Waals surface area (Å²) in [6.45, 7) is 0. The van der Waals surface area contributed by atoms with E-state index >= 15 is 0 Å². The van der Waals surface area contributed by atoms with Crippen molar-refractivity contribution in [3.05, 3.63) is 0 Å². The van der Waals surface area contributed by atoms with E-state index in [9.17, 15) is 0 Å². The molecule has 0 bridgehead atoms. The number of nitrogens with one attached hydrogen (secondary N) is 1. The Hall–Kier alpha value is 1.71. The van der Waals surface area contributed by atoms with E-state index in [-0.39, 0.29) is 0 Å². The summed E-state index contributed by atoms with van der Waals surface area (Å²) >= 11 is 0. The van der Waals surface area contributed by atoms with Crippen LogP contribution in [-0.2, 0) is 0 Å². The molecule has 0 aromatic heterocycles. The Morgan fingerprint density at radius 2 is 2.14 bits per heavy atom. The van der Waals surface area contributed by atoms with Gasteiger partial charge >= 0.3 is 0 Å². The lowest BCUT2D eigenvalue weighted by Crippen LogP contribution is -1.76. The highest BCUT2D eigenvalue weighted by atomic mass is 33.5. The molecule has 1 heterocycles. The third-order valence-electron chi connectivity index (χ3n) is 0.305. The maximum absolute atomic E-state index is 3.09. The number of hydrogen-bond donors (Lipinski definition) is 1. The van der Waals surface area contributed by atoms with Crippen molar-refractivity contribution in [2.24, 2.45) is 0 Å². The lowest BCUT2D eigenvalue weighted by atomic mass is 11.9. The minimum atomic E-state index is 1.18. The molecule has 7 heavy (non-hydrogen) atoms. The molecule has 1 aliphatic heterocycles. The van der Waals surface area contributed by atoms with Gasteiger partial charge in [-0.05, 0) is 9.83 Å². The van der Waals surface area contributed by atoms with Crippen molar-refractivity contribution in [3.63, 3.8) is 0 Å². The fourth-order valence-corrected chi connectivity index (χ4v) is 7.38. The molecular weight excluding hydrogens is 186 g/mol. The molecule has 0 saturated carbocycles. The molecule has 1 N–H and O–H groups in total. The zero-order valence-electron chi connectivity index (χ0n) is 3.25. The van der Waals surface area contributed by atoms with Crippen LogP contribution in [0.1, 0.15) is 0 Å². The van der Waals surface area contributed by atoms with Crippen LogP contribution in [0.5, 0.6) is 0 Å². The molecule has 0 unspecified atom stereocenters. The van der Waals surface area contributed by atoms with Gasteiger partial charge in [-0.1, -0.05) is 21.6 Å². The van der Waals surface area contributed by atoms with Crippen LogP contribution in [0.2, 0.25) is 0 Å². The van der Waals surface area contributed by atoms with Gasteiger partial charge in [0.15, 0.2) is 0 Å². The maximum atomic E-state index is 3.09. The Morgan fingerprint density at radius 1 is 1.14 bits per heavy atom. The molecule has 0 aliphatic carbocycles. The van der Waals surface area contributed by atoms with Crippen LogP contribution < -0.4 is 4.13 Å². The molecule has 1 fully saturated rings. The summed E-state index contributed by atoms with van der Waals surface area (Å²) in [7, 11) is 8.91. The highest BCUT2D eigenvalue weighted by Crippen LogP contribution is 2.42. The van der Waals surface area contributed by atoms with Gasteiger partial charge in [0.25, 0.3) is 0 Å². The Balaban J connectivity index is 2.04. The Labute approximate surface area is 62.4 Å². The average molecular weight is 189 g/mol. The van der Waals surface area contributed by atoms with E-state index in [1.54, 1.807) is 31.8 Å². The molecule has 42 valence electrons. The molecule has 1 aliphatic rings. The number of hydrogen-bond acceptors (Lipinski definition) is 6. The zero-order chi connectivity index (χ0) is 4.95. The first-order valence-electron chi connectivity index (χ1n) is 1.49. The Kier molecular flexibility index (Phi) is 4.46. The average Bonchev–Trinajstić information content (AvgIpc) is 1.90. The summed E-state index contributed by atoms with van der Waals surface area (Å²) in [5.74, 6) is 0. The summed E-state index contributed by atoms with van der Waals surface area (Å²) in [6.07, 6.45) is 0. The van der Waals surface area contributed by atoms with E-state index in [4.69, 9.17) is 0 Å². The highest BCUT2D eigenvalue weighted by Gasteiger charge is 1.97. The molecular formula is CH3NS5. The molecule has 1 rings (SSSR count). The van der Waals surface area contributed by atoms with Crippen molar-refractivity contribution in [1.29, 1.82) is 0 Å². The largest absolute Gasteiger partial charge is 0.188 e. The van der Waals surface area contributed by atoms with Gasteiger partial charge in [-0.2, -0.15) is 4.13 Å². The highest BCUT2D eigenvalue weighted by molar-refractivity contribution is 9.12. The van der Waals surface area contributed by atoms with Crippen molar-refractivity contribution in [1.82, 2.24) is 4.13 Å². The lowest BCUT2D eigenvalue weighted by molar-refractivity contribution is 1.81. The van der Waals surface area contributed by atoms with Gasteiger partial charge in [0.05, 0.1) is 5.08 Å². The van der Waals surface area contributed by atoms with Crippen LogP contribution in [-0.4, -0.2) is 5.08 Å². The fourth-order valence-electron chi connectivity index (χ4n) is 0.139. The molecule has 0 amide bonds. The number of rotatable bonds is 0. The Bertz CT molecular complexity index is 27.7. The predicted octanol–water partition coefficient (Wildman–Crippen LogP) is 2.79. The first kappa shape index (κ1) is 6.82. The quantitative estimate of drug-likeness (QED) is 0.461. The van der Waals surface area contributed by atoms with Crippen LogP contribution >= 0.6 is 53.4 Å². The minimum absolute atomic E-state index is 1.18. The molecule has 0 aromatic carbocycles. The van der Waals surface area contributed by atoms with E-state index in [1.165, 1.54) is 5.08 Å². The van der Waals surface area contributed by atoms with E-state index in [2.05, 4.69) is 4.13 Å². The smallest absolute Gasteiger partial charge is 0.0621 e. The second-order valence-electron chi connectivity index (χ2n) is 0.672. The van der Waals surface area contributed by atoms with Gasteiger partial charge in [-0.25, -0.2) is 0 Å². The van der Waals surface area contributed by atoms with Crippen molar-refractivity contribution in [2.75, 3.05) is 5.08 Å². The predicted molar refractivity (Wildman–Crippen MR) is 46.0 cm³/mol. The van der Waals surface area contributed by atoms with Gasteiger partial charge in [-0.15, -0.1) is 0 Å². The summed E-state index contributed by atoms with van der Waals surface area (Å²) in [5, 5.41) is 1.18. The van der Waals surface area contributed by atoms with Gasteiger partial charge in [0.1, 0.15) is 0 Å². The van der Waals surface area contributed by atoms with Crippen LogP contribution in [0.3, 0.4) is 0 Å². The van der Waals surface area contributed by atoms with Crippen molar-refractivity contribution < 1.29 is 0 Å². The normalized spacial score (nSPS) is 24.0. The topological polar surface area (TPSA) is 12.0 Å². The molecule has 1 saturated heterocycles. The Morgan fingerprint density at radius 3 is 3.14 bits per heavy atom. The van der Waals surface area contributed by atoms with Crippen LogP contribution in [0.25, 0.3) is 0 Å². The molecule has 0 aromatic rings. The molecule has 0 atom stereocenters. The summed E-state index contributed by atoms with van der Waals surface area (Å²) < 4.78 is 3.09. The van der Waals surface area contributed by atoms with E-state index in [0.29, 0.717) is 0 Å². The second kappa shape index (κ2) is 4.58. The van der Waals surface area contributed by atoms with E-state index in [1.807, 2.05) is 21.6 Å². The standard InChI is InChI=1S/CH3NS5/c1-3-5-2-6-7-4-1/h2H,1H2. The molecule has 1 nitrogen and oxygen atoms in total. The van der Waals surface area contributed by atoms with Crippen LogP contribution in [0.4, 0.5) is 0 Å². The molecule has 6 heteroatoms. The van der Waals surface area contributed by atoms with Crippen molar-refractivity contribution in [2.45, 2.75) is 0 Å². The van der Waals surface area contributed by atoms with Gasteiger partial charge in [-0.3, -0.25) is 0 Å².